The molecule has 31 heavy (non-hydrogen) atoms. The molecule has 0 atom stereocenters. The van der Waals surface area contributed by atoms with Gasteiger partial charge in [0.2, 0.25) is 0 Å². The van der Waals surface area contributed by atoms with Gasteiger partial charge in [0.05, 0.1) is 28.2 Å². The van der Waals surface area contributed by atoms with E-state index in [9.17, 15) is 14.3 Å². The maximum atomic E-state index is 14.2. The predicted octanol–water partition coefficient (Wildman–Crippen LogP) is 4.67. The van der Waals surface area contributed by atoms with E-state index in [0.717, 1.165) is 33.4 Å². The third-order valence-electron chi connectivity index (χ3n) is 5.72. The minimum atomic E-state index is -0.955. The molecular weight excluding hydrogens is 395 g/mol. The van der Waals surface area contributed by atoms with E-state index in [1.807, 2.05) is 38.4 Å². The zero-order chi connectivity index (χ0) is 21.7. The number of carboxylic acids is 1. The van der Waals surface area contributed by atoms with Crippen LogP contribution in [0.5, 0.6) is 0 Å². The van der Waals surface area contributed by atoms with Gasteiger partial charge in [0.1, 0.15) is 5.82 Å². The molecule has 0 fully saturated rings. The van der Waals surface area contributed by atoms with Crippen molar-refractivity contribution in [1.29, 1.82) is 0 Å². The molecule has 7 heteroatoms. The molecule has 0 unspecified atom stereocenters. The van der Waals surface area contributed by atoms with Gasteiger partial charge in [-0.3, -0.25) is 9.67 Å². The van der Waals surface area contributed by atoms with Gasteiger partial charge in [-0.05, 0) is 53.6 Å². The molecule has 1 aliphatic rings. The predicted molar refractivity (Wildman–Crippen MR) is 118 cm³/mol. The third kappa shape index (κ3) is 3.06. The van der Waals surface area contributed by atoms with Crippen LogP contribution >= 0.6 is 0 Å². The molecular formula is C24H19FN4O2. The Labute approximate surface area is 177 Å². The Balaban J connectivity index is 1.55. The number of fused-ring (bicyclic) bond motifs is 2. The Morgan fingerprint density at radius 3 is 2.77 bits per heavy atom. The molecule has 4 aromatic rings. The van der Waals surface area contributed by atoms with E-state index < -0.39 is 5.97 Å². The minimum absolute atomic E-state index is 0.275. The number of carbonyl (C=O) groups is 1. The molecule has 5 rings (SSSR count). The van der Waals surface area contributed by atoms with Crippen molar-refractivity contribution in [3.05, 3.63) is 83.1 Å². The fourth-order valence-corrected chi connectivity index (χ4v) is 4.22. The monoisotopic (exact) mass is 414 g/mol. The van der Waals surface area contributed by atoms with Crippen LogP contribution in [0.4, 0.5) is 15.8 Å². The molecule has 0 aliphatic heterocycles. The van der Waals surface area contributed by atoms with Crippen LogP contribution in [0.2, 0.25) is 0 Å². The first kappa shape index (κ1) is 19.0. The minimum Gasteiger partial charge on any atom is -0.478 e. The number of aryl methyl sites for hydroxylation is 1. The Morgan fingerprint density at radius 1 is 1.19 bits per heavy atom. The molecule has 0 radical (unpaired) electrons. The van der Waals surface area contributed by atoms with Gasteiger partial charge in [0, 0.05) is 37.8 Å². The molecule has 0 amide bonds. The Morgan fingerprint density at radius 2 is 2.00 bits per heavy atom. The van der Waals surface area contributed by atoms with Crippen molar-refractivity contribution >= 4 is 39.9 Å². The number of hydrogen-bond donors (Lipinski definition) is 1. The van der Waals surface area contributed by atoms with Gasteiger partial charge < -0.3 is 10.0 Å². The number of halogens is 1. The van der Waals surface area contributed by atoms with Crippen molar-refractivity contribution in [1.82, 2.24) is 14.8 Å². The fourth-order valence-electron chi connectivity index (χ4n) is 4.22. The molecule has 1 N–H and O–H groups in total. The van der Waals surface area contributed by atoms with Gasteiger partial charge in [-0.25, -0.2) is 9.18 Å². The summed E-state index contributed by atoms with van der Waals surface area (Å²) in [5.41, 5.74) is 5.65. The first-order valence-corrected chi connectivity index (χ1v) is 9.81. The summed E-state index contributed by atoms with van der Waals surface area (Å²) in [6, 6.07) is 14.0. The van der Waals surface area contributed by atoms with Crippen molar-refractivity contribution in [2.45, 2.75) is 6.42 Å². The largest absolute Gasteiger partial charge is 0.478 e. The molecule has 2 aromatic carbocycles. The smallest absolute Gasteiger partial charge is 0.336 e. The van der Waals surface area contributed by atoms with Crippen molar-refractivity contribution in [2.24, 2.45) is 7.05 Å². The number of aromatic carboxylic acids is 1. The number of carboxylic acid groups (broad SMARTS) is 1. The topological polar surface area (TPSA) is 71.2 Å². The number of anilines is 2. The van der Waals surface area contributed by atoms with E-state index in [2.05, 4.69) is 10.1 Å². The number of hydrogen-bond acceptors (Lipinski definition) is 4. The number of rotatable bonds is 4. The molecule has 6 nitrogen and oxygen atoms in total. The summed E-state index contributed by atoms with van der Waals surface area (Å²) in [5, 5.41) is 15.1. The van der Waals surface area contributed by atoms with Crippen molar-refractivity contribution in [2.75, 3.05) is 11.9 Å². The average molecular weight is 414 g/mol. The van der Waals surface area contributed by atoms with Crippen molar-refractivity contribution < 1.29 is 14.3 Å². The Kier molecular flexibility index (Phi) is 4.32. The zero-order valence-electron chi connectivity index (χ0n) is 17.0. The van der Waals surface area contributed by atoms with Crippen LogP contribution in [0.3, 0.4) is 0 Å². The number of benzene rings is 2. The van der Waals surface area contributed by atoms with Gasteiger partial charge in [-0.1, -0.05) is 12.1 Å². The maximum absolute atomic E-state index is 14.2. The van der Waals surface area contributed by atoms with Crippen molar-refractivity contribution in [3.8, 4) is 0 Å². The lowest BCUT2D eigenvalue weighted by atomic mass is 10.0. The summed E-state index contributed by atoms with van der Waals surface area (Å²) >= 11 is 0. The highest BCUT2D eigenvalue weighted by Gasteiger charge is 2.25. The lowest BCUT2D eigenvalue weighted by Gasteiger charge is -2.20. The van der Waals surface area contributed by atoms with E-state index in [1.54, 1.807) is 27.8 Å². The highest BCUT2D eigenvalue weighted by atomic mass is 19.1. The van der Waals surface area contributed by atoms with Crippen LogP contribution in [0.15, 0.2) is 54.7 Å². The first-order chi connectivity index (χ1) is 14.9. The van der Waals surface area contributed by atoms with Gasteiger partial charge in [0.25, 0.3) is 0 Å². The fraction of sp³-hybridized carbons (Fsp3) is 0.125. The van der Waals surface area contributed by atoms with Gasteiger partial charge in [-0.15, -0.1) is 0 Å². The molecule has 0 saturated carbocycles. The summed E-state index contributed by atoms with van der Waals surface area (Å²) < 4.78 is 16.0. The summed E-state index contributed by atoms with van der Waals surface area (Å²) in [6.07, 6.45) is 3.93. The lowest BCUT2D eigenvalue weighted by molar-refractivity contribution is 0.0695. The summed E-state index contributed by atoms with van der Waals surface area (Å²) in [5.74, 6) is -1.24. The second kappa shape index (κ2) is 7.05. The molecule has 2 aromatic heterocycles. The number of allylic oxidation sites excluding steroid dienone is 1. The van der Waals surface area contributed by atoms with E-state index in [4.69, 9.17) is 0 Å². The standard InChI is InChI=1S/C24H19FN4O2/c1-28(22-6-4-3-5-19(22)25)15-7-8-17-21(13-15)27-29(2)23(17)14-11-18-16(24(30)31)9-10-26-20(18)12-14/h3-10,12-13H,11H2,1-2H3,(H,30,31). The van der Waals surface area contributed by atoms with Crippen LogP contribution in [-0.4, -0.2) is 32.9 Å². The quantitative estimate of drug-likeness (QED) is 0.525. The lowest BCUT2D eigenvalue weighted by Crippen LogP contribution is -2.10. The number of aromatic nitrogens is 3. The SMILES string of the molecule is CN(c1ccc2c(C3=Cc4nccc(C(=O)O)c4C3)n(C)nc2c1)c1ccccc1F. The summed E-state index contributed by atoms with van der Waals surface area (Å²) in [7, 11) is 3.68. The Bertz CT molecular complexity index is 1390. The van der Waals surface area contributed by atoms with E-state index in [-0.39, 0.29) is 11.4 Å². The normalized spacial score (nSPS) is 12.7. The molecule has 0 spiro atoms. The summed E-state index contributed by atoms with van der Waals surface area (Å²) in [6.45, 7) is 0. The zero-order valence-corrected chi connectivity index (χ0v) is 17.0. The third-order valence-corrected chi connectivity index (χ3v) is 5.72. The molecule has 2 heterocycles. The van der Waals surface area contributed by atoms with Crippen molar-refractivity contribution in [3.63, 3.8) is 0 Å². The highest BCUT2D eigenvalue weighted by Crippen LogP contribution is 2.37. The molecule has 0 saturated heterocycles. The van der Waals surface area contributed by atoms with E-state index in [0.29, 0.717) is 17.8 Å². The van der Waals surface area contributed by atoms with Gasteiger partial charge >= 0.3 is 5.97 Å². The second-order valence-electron chi connectivity index (χ2n) is 7.56. The van der Waals surface area contributed by atoms with Gasteiger partial charge in [0.15, 0.2) is 0 Å². The molecule has 1 aliphatic carbocycles. The molecule has 154 valence electrons. The van der Waals surface area contributed by atoms with E-state index in [1.165, 1.54) is 18.3 Å². The Hall–Kier alpha value is -4.00. The number of pyridine rings is 1. The first-order valence-electron chi connectivity index (χ1n) is 9.81. The van der Waals surface area contributed by atoms with Crippen LogP contribution in [-0.2, 0) is 13.5 Å². The van der Waals surface area contributed by atoms with Crippen LogP contribution in [0, 0.1) is 5.82 Å². The van der Waals surface area contributed by atoms with Crippen LogP contribution in [0.25, 0.3) is 22.6 Å². The highest BCUT2D eigenvalue weighted by molar-refractivity contribution is 6.01. The molecule has 0 bridgehead atoms. The maximum Gasteiger partial charge on any atom is 0.336 e. The number of para-hydroxylation sites is 1. The van der Waals surface area contributed by atoms with Gasteiger partial charge in [-0.2, -0.15) is 5.10 Å². The summed E-state index contributed by atoms with van der Waals surface area (Å²) in [4.78, 5) is 17.7. The van der Waals surface area contributed by atoms with Crippen LogP contribution < -0.4 is 4.90 Å². The van der Waals surface area contributed by atoms with E-state index >= 15 is 0 Å². The van der Waals surface area contributed by atoms with Crippen LogP contribution in [0.1, 0.15) is 27.3 Å². The average Bonchev–Trinajstić information content (AvgIpc) is 3.32. The second-order valence-corrected chi connectivity index (χ2v) is 7.56. The number of nitrogens with zero attached hydrogens (tertiary/aromatic N) is 4.